The van der Waals surface area contributed by atoms with E-state index in [-0.39, 0.29) is 0 Å². The van der Waals surface area contributed by atoms with E-state index in [4.69, 9.17) is 0 Å². The van der Waals surface area contributed by atoms with Crippen LogP contribution in [0.15, 0.2) is 0 Å². The van der Waals surface area contributed by atoms with Crippen LogP contribution in [0.5, 0.6) is 0 Å². The standard InChI is InChI=1S/C11H18N2OS2/c1-8-11(15-9(2)13-8)7-12-10-3-5-16(14)6-4-10/h10,12H,3-7H2,1-2H3. The van der Waals surface area contributed by atoms with Gasteiger partial charge in [-0.2, -0.15) is 0 Å². The Kier molecular flexibility index (Phi) is 4.10. The molecule has 1 aliphatic heterocycles. The summed E-state index contributed by atoms with van der Waals surface area (Å²) in [6.07, 6.45) is 2.09. The second-order valence-electron chi connectivity index (χ2n) is 4.24. The van der Waals surface area contributed by atoms with Gasteiger partial charge in [0.2, 0.25) is 0 Å². The Morgan fingerprint density at radius 1 is 1.44 bits per heavy atom. The number of nitrogens with one attached hydrogen (secondary N) is 1. The summed E-state index contributed by atoms with van der Waals surface area (Å²) in [7, 11) is -0.559. The molecule has 1 N–H and O–H groups in total. The summed E-state index contributed by atoms with van der Waals surface area (Å²) in [5.41, 5.74) is 1.15. The highest BCUT2D eigenvalue weighted by molar-refractivity contribution is 7.85. The molecule has 0 aliphatic carbocycles. The van der Waals surface area contributed by atoms with E-state index in [1.165, 1.54) is 4.88 Å². The van der Waals surface area contributed by atoms with Crippen molar-refractivity contribution in [3.63, 3.8) is 0 Å². The first-order valence-electron chi connectivity index (χ1n) is 5.66. The summed E-state index contributed by atoms with van der Waals surface area (Å²) in [6, 6.07) is 0.541. The molecule has 1 saturated heterocycles. The normalized spacial score (nSPS) is 25.9. The van der Waals surface area contributed by atoms with Crippen LogP contribution in [0.25, 0.3) is 0 Å². The molecule has 0 bridgehead atoms. The van der Waals surface area contributed by atoms with Crippen LogP contribution in [0.1, 0.15) is 28.4 Å². The summed E-state index contributed by atoms with van der Waals surface area (Å²) in [5.74, 6) is 1.72. The Bertz CT molecular complexity index is 379. The zero-order valence-corrected chi connectivity index (χ0v) is 11.4. The SMILES string of the molecule is Cc1nc(C)c(CNC2CCS(=O)CC2)s1. The fraction of sp³-hybridized carbons (Fsp3) is 0.727. The number of thiazole rings is 1. The first-order chi connectivity index (χ1) is 7.65. The quantitative estimate of drug-likeness (QED) is 0.898. The van der Waals surface area contributed by atoms with Crippen molar-refractivity contribution in [3.05, 3.63) is 15.6 Å². The molecule has 0 radical (unpaired) electrons. The van der Waals surface area contributed by atoms with Gasteiger partial charge in [-0.1, -0.05) is 0 Å². The molecule has 1 aliphatic rings. The molecule has 0 spiro atoms. The lowest BCUT2D eigenvalue weighted by molar-refractivity contribution is 0.476. The van der Waals surface area contributed by atoms with Gasteiger partial charge < -0.3 is 5.32 Å². The van der Waals surface area contributed by atoms with Gasteiger partial charge in [-0.05, 0) is 26.7 Å². The van der Waals surface area contributed by atoms with Gasteiger partial charge in [-0.15, -0.1) is 11.3 Å². The first-order valence-corrected chi connectivity index (χ1v) is 7.97. The van der Waals surface area contributed by atoms with Crippen LogP contribution in [0.3, 0.4) is 0 Å². The van der Waals surface area contributed by atoms with Gasteiger partial charge in [0.25, 0.3) is 0 Å². The topological polar surface area (TPSA) is 42.0 Å². The van der Waals surface area contributed by atoms with Crippen LogP contribution >= 0.6 is 11.3 Å². The summed E-state index contributed by atoms with van der Waals surface area (Å²) >= 11 is 1.77. The Balaban J connectivity index is 1.83. The van der Waals surface area contributed by atoms with Gasteiger partial charge in [-0.3, -0.25) is 4.21 Å². The molecule has 5 heteroatoms. The molecule has 1 aromatic rings. The van der Waals surface area contributed by atoms with E-state index >= 15 is 0 Å². The van der Waals surface area contributed by atoms with Crippen molar-refractivity contribution in [2.75, 3.05) is 11.5 Å². The predicted molar refractivity (Wildman–Crippen MR) is 69.3 cm³/mol. The van der Waals surface area contributed by atoms with Crippen molar-refractivity contribution >= 4 is 22.1 Å². The van der Waals surface area contributed by atoms with Crippen molar-refractivity contribution in [3.8, 4) is 0 Å². The predicted octanol–water partition coefficient (Wildman–Crippen LogP) is 1.76. The van der Waals surface area contributed by atoms with E-state index in [0.717, 1.165) is 41.6 Å². The number of rotatable bonds is 3. The first kappa shape index (κ1) is 12.2. The molecule has 0 saturated carbocycles. The summed E-state index contributed by atoms with van der Waals surface area (Å²) in [5, 5.41) is 4.69. The van der Waals surface area contributed by atoms with Gasteiger partial charge >= 0.3 is 0 Å². The molecule has 0 amide bonds. The van der Waals surface area contributed by atoms with Crippen LogP contribution in [-0.4, -0.2) is 26.7 Å². The molecular weight excluding hydrogens is 240 g/mol. The lowest BCUT2D eigenvalue weighted by atomic mass is 10.1. The van der Waals surface area contributed by atoms with Gasteiger partial charge in [0.05, 0.1) is 10.7 Å². The van der Waals surface area contributed by atoms with Crippen molar-refractivity contribution in [1.82, 2.24) is 10.3 Å². The second-order valence-corrected chi connectivity index (χ2v) is 7.23. The average Bonchev–Trinajstić information content (AvgIpc) is 2.57. The molecule has 16 heavy (non-hydrogen) atoms. The van der Waals surface area contributed by atoms with Gasteiger partial charge in [0.15, 0.2) is 0 Å². The maximum absolute atomic E-state index is 11.2. The number of hydrogen-bond donors (Lipinski definition) is 1. The molecule has 90 valence electrons. The van der Waals surface area contributed by atoms with Crippen molar-refractivity contribution in [2.24, 2.45) is 0 Å². The minimum absolute atomic E-state index is 0.541. The van der Waals surface area contributed by atoms with E-state index in [1.54, 1.807) is 11.3 Å². The number of aromatic nitrogens is 1. The molecule has 0 atom stereocenters. The lowest BCUT2D eigenvalue weighted by Gasteiger charge is -2.22. The molecular formula is C11H18N2OS2. The summed E-state index contributed by atoms with van der Waals surface area (Å²) in [6.45, 7) is 5.02. The molecule has 1 fully saturated rings. The Morgan fingerprint density at radius 3 is 2.69 bits per heavy atom. The molecule has 0 unspecified atom stereocenters. The second kappa shape index (κ2) is 5.38. The molecule has 3 nitrogen and oxygen atoms in total. The zero-order valence-electron chi connectivity index (χ0n) is 9.78. The smallest absolute Gasteiger partial charge is 0.0900 e. The minimum Gasteiger partial charge on any atom is -0.309 e. The molecule has 2 rings (SSSR count). The van der Waals surface area contributed by atoms with Crippen LogP contribution in [0, 0.1) is 13.8 Å². The largest absolute Gasteiger partial charge is 0.309 e. The number of hydrogen-bond acceptors (Lipinski definition) is 4. The van der Waals surface area contributed by atoms with E-state index in [9.17, 15) is 4.21 Å². The Morgan fingerprint density at radius 2 is 2.12 bits per heavy atom. The fourth-order valence-corrected chi connectivity index (χ4v) is 4.16. The third-order valence-electron chi connectivity index (χ3n) is 2.94. The summed E-state index contributed by atoms with van der Waals surface area (Å²) in [4.78, 5) is 5.75. The van der Waals surface area contributed by atoms with Crippen molar-refractivity contribution in [1.29, 1.82) is 0 Å². The van der Waals surface area contributed by atoms with Crippen molar-refractivity contribution < 1.29 is 4.21 Å². The zero-order chi connectivity index (χ0) is 11.5. The van der Waals surface area contributed by atoms with Crippen LogP contribution in [-0.2, 0) is 17.3 Å². The van der Waals surface area contributed by atoms with Crippen LogP contribution in [0.2, 0.25) is 0 Å². The highest BCUT2D eigenvalue weighted by Gasteiger charge is 2.17. The maximum atomic E-state index is 11.2. The van der Waals surface area contributed by atoms with Gasteiger partial charge in [0, 0.05) is 39.8 Å². The van der Waals surface area contributed by atoms with Crippen molar-refractivity contribution in [2.45, 2.75) is 39.3 Å². The van der Waals surface area contributed by atoms with Gasteiger partial charge in [-0.25, -0.2) is 4.98 Å². The third kappa shape index (κ3) is 3.12. The highest BCUT2D eigenvalue weighted by Crippen LogP contribution is 2.18. The van der Waals surface area contributed by atoms with E-state index in [0.29, 0.717) is 6.04 Å². The van der Waals surface area contributed by atoms with E-state index < -0.39 is 10.8 Å². The Labute approximate surface area is 103 Å². The fourth-order valence-electron chi connectivity index (χ4n) is 1.97. The minimum atomic E-state index is -0.559. The summed E-state index contributed by atoms with van der Waals surface area (Å²) < 4.78 is 11.2. The monoisotopic (exact) mass is 258 g/mol. The molecule has 1 aromatic heterocycles. The lowest BCUT2D eigenvalue weighted by Crippen LogP contribution is -2.35. The third-order valence-corrected chi connectivity index (χ3v) is 5.39. The highest BCUT2D eigenvalue weighted by atomic mass is 32.2. The number of aryl methyl sites for hydroxylation is 2. The maximum Gasteiger partial charge on any atom is 0.0900 e. The average molecular weight is 258 g/mol. The van der Waals surface area contributed by atoms with Gasteiger partial charge in [0.1, 0.15) is 0 Å². The van der Waals surface area contributed by atoms with Crippen LogP contribution in [0.4, 0.5) is 0 Å². The Hall–Kier alpha value is -0.260. The molecule has 0 aromatic carbocycles. The van der Waals surface area contributed by atoms with E-state index in [1.807, 2.05) is 6.92 Å². The number of nitrogens with zero attached hydrogens (tertiary/aromatic N) is 1. The van der Waals surface area contributed by atoms with E-state index in [2.05, 4.69) is 17.2 Å². The van der Waals surface area contributed by atoms with Crippen LogP contribution < -0.4 is 5.32 Å². The molecule has 2 heterocycles.